The Kier molecular flexibility index (Phi) is 6.24. The van der Waals surface area contributed by atoms with Crippen LogP contribution in [0.3, 0.4) is 0 Å². The van der Waals surface area contributed by atoms with Crippen molar-refractivity contribution >= 4 is 6.03 Å². The molecule has 3 aromatic rings. The summed E-state index contributed by atoms with van der Waals surface area (Å²) in [6.45, 7) is 0. The number of rotatable bonds is 4. The Morgan fingerprint density at radius 3 is 2.29 bits per heavy atom. The summed E-state index contributed by atoms with van der Waals surface area (Å²) >= 11 is 0. The Hall–Kier alpha value is -3.56. The lowest BCUT2D eigenvalue weighted by atomic mass is 9.98. The number of carbonyl (C=O) groups excluding carboxylic acids is 1. The fourth-order valence-electron chi connectivity index (χ4n) is 4.10. The normalized spacial score (nSPS) is 16.6. The summed E-state index contributed by atoms with van der Waals surface area (Å²) in [4.78, 5) is 16.7. The first-order valence-electron chi connectivity index (χ1n) is 10.4. The lowest BCUT2D eigenvalue weighted by molar-refractivity contribution is -0.139. The molecule has 10 heteroatoms. The SMILES string of the molecule is O=C(NC(c1ccc(C(F)(F)F)cc1)c1ncccc1C(F)(F)F)N[C@H]1CCc2ccccc21. The first-order valence-corrected chi connectivity index (χ1v) is 10.4. The van der Waals surface area contributed by atoms with Crippen molar-refractivity contribution in [2.24, 2.45) is 0 Å². The number of urea groups is 1. The molecule has 2 aromatic carbocycles. The van der Waals surface area contributed by atoms with E-state index in [9.17, 15) is 31.1 Å². The molecule has 2 amide bonds. The highest BCUT2D eigenvalue weighted by atomic mass is 19.4. The first kappa shape index (κ1) is 23.6. The Morgan fingerprint density at radius 1 is 0.912 bits per heavy atom. The zero-order valence-electron chi connectivity index (χ0n) is 17.5. The number of fused-ring (bicyclic) bond motifs is 1. The molecule has 0 aliphatic heterocycles. The van der Waals surface area contributed by atoms with E-state index in [0.717, 1.165) is 60.1 Å². The molecule has 0 saturated carbocycles. The minimum Gasteiger partial charge on any atom is -0.331 e. The topological polar surface area (TPSA) is 54.0 Å². The van der Waals surface area contributed by atoms with Crippen LogP contribution in [-0.2, 0) is 18.8 Å². The number of carbonyl (C=O) groups is 1. The number of pyridine rings is 1. The molecule has 0 fully saturated rings. The third-order valence-corrected chi connectivity index (χ3v) is 5.70. The monoisotopic (exact) mass is 479 g/mol. The van der Waals surface area contributed by atoms with Crippen LogP contribution in [-0.4, -0.2) is 11.0 Å². The van der Waals surface area contributed by atoms with E-state index in [1.807, 2.05) is 24.3 Å². The lowest BCUT2D eigenvalue weighted by Crippen LogP contribution is -2.40. The van der Waals surface area contributed by atoms with Crippen LogP contribution in [0.25, 0.3) is 0 Å². The van der Waals surface area contributed by atoms with Crippen LogP contribution in [0.4, 0.5) is 31.1 Å². The van der Waals surface area contributed by atoms with E-state index < -0.39 is 41.2 Å². The third kappa shape index (κ3) is 5.00. The van der Waals surface area contributed by atoms with Crippen molar-refractivity contribution < 1.29 is 31.1 Å². The summed E-state index contributed by atoms with van der Waals surface area (Å²) in [5, 5.41) is 5.24. The number of benzene rings is 2. The number of nitrogens with one attached hydrogen (secondary N) is 2. The molecule has 0 bridgehead atoms. The fraction of sp³-hybridized carbons (Fsp3) is 0.250. The zero-order valence-corrected chi connectivity index (χ0v) is 17.5. The molecule has 4 rings (SSSR count). The minimum atomic E-state index is -4.78. The van der Waals surface area contributed by atoms with Gasteiger partial charge >= 0.3 is 18.4 Å². The van der Waals surface area contributed by atoms with Gasteiger partial charge in [-0.25, -0.2) is 4.79 Å². The van der Waals surface area contributed by atoms with Gasteiger partial charge in [-0.15, -0.1) is 0 Å². The van der Waals surface area contributed by atoms with Gasteiger partial charge in [0.05, 0.1) is 28.9 Å². The van der Waals surface area contributed by atoms with Crippen molar-refractivity contribution in [2.75, 3.05) is 0 Å². The van der Waals surface area contributed by atoms with Gasteiger partial charge in [0.25, 0.3) is 0 Å². The number of alkyl halides is 6. The molecule has 0 spiro atoms. The van der Waals surface area contributed by atoms with Gasteiger partial charge in [-0.1, -0.05) is 36.4 Å². The predicted molar refractivity (Wildman–Crippen MR) is 112 cm³/mol. The molecule has 0 radical (unpaired) electrons. The lowest BCUT2D eigenvalue weighted by Gasteiger charge is -2.24. The van der Waals surface area contributed by atoms with E-state index in [4.69, 9.17) is 0 Å². The highest BCUT2D eigenvalue weighted by Crippen LogP contribution is 2.37. The molecular formula is C24H19F6N3O. The van der Waals surface area contributed by atoms with Crippen molar-refractivity contribution in [3.63, 3.8) is 0 Å². The molecule has 1 aliphatic carbocycles. The number of halogens is 6. The second-order valence-corrected chi connectivity index (χ2v) is 7.89. The van der Waals surface area contributed by atoms with Crippen molar-refractivity contribution in [3.8, 4) is 0 Å². The van der Waals surface area contributed by atoms with Crippen molar-refractivity contribution in [1.29, 1.82) is 0 Å². The maximum atomic E-state index is 13.7. The van der Waals surface area contributed by atoms with Gasteiger partial charge in [0.2, 0.25) is 0 Å². The van der Waals surface area contributed by atoms with Crippen molar-refractivity contribution in [1.82, 2.24) is 15.6 Å². The highest BCUT2D eigenvalue weighted by Gasteiger charge is 2.37. The molecule has 178 valence electrons. The van der Waals surface area contributed by atoms with Crippen molar-refractivity contribution in [3.05, 3.63) is 100 Å². The molecule has 1 aromatic heterocycles. The van der Waals surface area contributed by atoms with Gasteiger partial charge < -0.3 is 10.6 Å². The van der Waals surface area contributed by atoms with E-state index in [1.54, 1.807) is 0 Å². The van der Waals surface area contributed by atoms with Gasteiger partial charge in [0.15, 0.2) is 0 Å². The van der Waals surface area contributed by atoms with Crippen LogP contribution in [0, 0.1) is 0 Å². The fourth-order valence-corrected chi connectivity index (χ4v) is 4.10. The zero-order chi connectivity index (χ0) is 24.5. The second-order valence-electron chi connectivity index (χ2n) is 7.89. The summed E-state index contributed by atoms with van der Waals surface area (Å²) < 4.78 is 79.9. The summed E-state index contributed by atoms with van der Waals surface area (Å²) in [6.07, 6.45) is -6.90. The van der Waals surface area contributed by atoms with Gasteiger partial charge in [-0.3, -0.25) is 4.98 Å². The first-order chi connectivity index (χ1) is 16.0. The molecule has 34 heavy (non-hydrogen) atoms. The maximum Gasteiger partial charge on any atom is 0.418 e. The maximum absolute atomic E-state index is 13.7. The summed E-state index contributed by atoms with van der Waals surface area (Å²) in [7, 11) is 0. The molecule has 4 nitrogen and oxygen atoms in total. The van der Waals surface area contributed by atoms with Gasteiger partial charge in [0, 0.05) is 6.20 Å². The predicted octanol–water partition coefficient (Wildman–Crippen LogP) is 6.20. The average molecular weight is 479 g/mol. The molecule has 1 unspecified atom stereocenters. The van der Waals surface area contributed by atoms with Crippen LogP contribution in [0.1, 0.15) is 52.0 Å². The van der Waals surface area contributed by atoms with Crippen LogP contribution in [0.5, 0.6) is 0 Å². The van der Waals surface area contributed by atoms with Gasteiger partial charge in [-0.2, -0.15) is 26.3 Å². The Balaban J connectivity index is 1.66. The smallest absolute Gasteiger partial charge is 0.331 e. The summed E-state index contributed by atoms with van der Waals surface area (Å²) in [6, 6.07) is 10.5. The average Bonchev–Trinajstić information content (AvgIpc) is 3.19. The quantitative estimate of drug-likeness (QED) is 0.438. The number of aromatic nitrogens is 1. The molecule has 2 atom stereocenters. The molecule has 1 aliphatic rings. The summed E-state index contributed by atoms with van der Waals surface area (Å²) in [5.74, 6) is 0. The number of hydrogen-bond acceptors (Lipinski definition) is 2. The Bertz CT molecular complexity index is 1170. The Labute approximate surface area is 191 Å². The van der Waals surface area contributed by atoms with Gasteiger partial charge in [-0.05, 0) is 53.8 Å². The summed E-state index contributed by atoms with van der Waals surface area (Å²) in [5.41, 5.74) is -0.560. The van der Waals surface area contributed by atoms with E-state index >= 15 is 0 Å². The van der Waals surface area contributed by atoms with E-state index in [2.05, 4.69) is 15.6 Å². The van der Waals surface area contributed by atoms with Gasteiger partial charge in [0.1, 0.15) is 0 Å². The van der Waals surface area contributed by atoms with E-state index in [0.29, 0.717) is 6.42 Å². The third-order valence-electron chi connectivity index (χ3n) is 5.70. The number of amides is 2. The minimum absolute atomic E-state index is 0.0270. The van der Waals surface area contributed by atoms with E-state index in [1.165, 1.54) is 0 Å². The van der Waals surface area contributed by atoms with E-state index in [-0.39, 0.29) is 11.6 Å². The van der Waals surface area contributed by atoms with Crippen LogP contribution >= 0.6 is 0 Å². The molecule has 1 heterocycles. The van der Waals surface area contributed by atoms with Crippen molar-refractivity contribution in [2.45, 2.75) is 37.3 Å². The second kappa shape index (κ2) is 9.00. The number of hydrogen-bond donors (Lipinski definition) is 2. The van der Waals surface area contributed by atoms with Crippen LogP contribution < -0.4 is 10.6 Å². The molecule has 2 N–H and O–H groups in total. The standard InChI is InChI=1S/C24H19F6N3O/c25-23(26,27)16-10-7-15(8-11-16)20(21-18(24(28,29)30)6-3-13-31-21)33-22(34)32-19-12-9-14-4-1-2-5-17(14)19/h1-8,10-11,13,19-20H,9,12H2,(H2,32,33,34)/t19-,20?/m0/s1. The number of aryl methyl sites for hydroxylation is 1. The van der Waals surface area contributed by atoms with Crippen LogP contribution in [0.15, 0.2) is 66.9 Å². The molecular weight excluding hydrogens is 460 g/mol. The van der Waals surface area contributed by atoms with Crippen LogP contribution in [0.2, 0.25) is 0 Å². The largest absolute Gasteiger partial charge is 0.418 e. The Morgan fingerprint density at radius 2 is 1.62 bits per heavy atom. The molecule has 0 saturated heterocycles. The highest BCUT2D eigenvalue weighted by molar-refractivity contribution is 5.76. The number of nitrogens with zero attached hydrogens (tertiary/aromatic N) is 1.